The molecule has 0 amide bonds. The summed E-state index contributed by atoms with van der Waals surface area (Å²) in [6, 6.07) is 46.4. The molecule has 0 spiro atoms. The summed E-state index contributed by atoms with van der Waals surface area (Å²) >= 11 is 0. The third-order valence-electron chi connectivity index (χ3n) is 12.1. The third-order valence-corrected chi connectivity index (χ3v) is 12.1. The maximum absolute atomic E-state index is 6.65. The van der Waals surface area contributed by atoms with Crippen molar-refractivity contribution in [3.05, 3.63) is 168 Å². The van der Waals surface area contributed by atoms with Crippen LogP contribution in [0.5, 0.6) is 11.5 Å². The smallest absolute Gasteiger partial charge is 0.268 e. The van der Waals surface area contributed by atoms with Crippen molar-refractivity contribution in [2.24, 2.45) is 0 Å². The summed E-state index contributed by atoms with van der Waals surface area (Å²) in [6.07, 6.45) is 9.17. The molecular formula is C57H57N5OPt-2. The Kier molecular flexibility index (Phi) is 11.4. The van der Waals surface area contributed by atoms with Crippen molar-refractivity contribution >= 4 is 32.8 Å². The molecular weight excluding hydrogens is 966 g/mol. The van der Waals surface area contributed by atoms with E-state index in [-0.39, 0.29) is 42.7 Å². The van der Waals surface area contributed by atoms with Gasteiger partial charge in [0, 0.05) is 44.3 Å². The molecule has 5 aromatic carbocycles. The van der Waals surface area contributed by atoms with Gasteiger partial charge in [0.25, 0.3) is 6.33 Å². The summed E-state index contributed by atoms with van der Waals surface area (Å²) in [4.78, 5) is 9.62. The number of hydrogen-bond acceptors (Lipinski definition) is 3. The number of hydrogen-bond donors (Lipinski definition) is 0. The quantitative estimate of drug-likeness (QED) is 0.123. The van der Waals surface area contributed by atoms with Crippen molar-refractivity contribution in [1.82, 2.24) is 19.1 Å². The number of ether oxygens (including phenoxy) is 1. The second-order valence-electron chi connectivity index (χ2n) is 21.0. The topological polar surface area (TPSA) is 48.8 Å². The van der Waals surface area contributed by atoms with E-state index >= 15 is 0 Å². The predicted molar refractivity (Wildman–Crippen MR) is 258 cm³/mol. The number of benzene rings is 5. The van der Waals surface area contributed by atoms with Gasteiger partial charge in [-0.05, 0) is 109 Å². The van der Waals surface area contributed by atoms with Gasteiger partial charge in [0.05, 0.1) is 16.7 Å². The molecule has 0 aliphatic rings. The van der Waals surface area contributed by atoms with Crippen molar-refractivity contribution in [2.75, 3.05) is 0 Å². The molecule has 0 N–H and O–H groups in total. The number of pyridine rings is 2. The van der Waals surface area contributed by atoms with Crippen LogP contribution in [0.4, 0.5) is 0 Å². The Morgan fingerprint density at radius 2 is 1.22 bits per heavy atom. The Morgan fingerprint density at radius 3 is 1.89 bits per heavy atom. The van der Waals surface area contributed by atoms with E-state index in [2.05, 4.69) is 212 Å². The maximum Gasteiger partial charge on any atom is 0.268 e. The van der Waals surface area contributed by atoms with E-state index in [0.717, 1.165) is 55.6 Å². The van der Waals surface area contributed by atoms with Crippen molar-refractivity contribution < 1.29 is 30.4 Å². The normalized spacial score (nSPS) is 12.6. The molecule has 0 atom stereocenters. The second kappa shape index (κ2) is 16.3. The summed E-state index contributed by atoms with van der Waals surface area (Å²) in [7, 11) is 0. The molecule has 0 unspecified atom stereocenters. The van der Waals surface area contributed by atoms with Gasteiger partial charge >= 0.3 is 0 Å². The van der Waals surface area contributed by atoms with Crippen LogP contribution in [0.25, 0.3) is 61.2 Å². The van der Waals surface area contributed by atoms with Crippen LogP contribution in [0.15, 0.2) is 128 Å². The van der Waals surface area contributed by atoms with Gasteiger partial charge in [0.2, 0.25) is 0 Å². The molecule has 0 aliphatic heterocycles. The molecule has 0 radical (unpaired) electrons. The molecule has 4 aromatic heterocycles. The van der Waals surface area contributed by atoms with Crippen LogP contribution in [0, 0.1) is 18.5 Å². The molecule has 9 aromatic rings. The molecule has 7 heteroatoms. The summed E-state index contributed by atoms with van der Waals surface area (Å²) in [5.74, 6) is 1.86. The second-order valence-corrected chi connectivity index (χ2v) is 21.0. The van der Waals surface area contributed by atoms with Crippen molar-refractivity contribution in [3.63, 3.8) is 0 Å². The first-order valence-corrected chi connectivity index (χ1v) is 22.0. The Bertz CT molecular complexity index is 3150. The number of aromatic nitrogens is 5. The van der Waals surface area contributed by atoms with Crippen molar-refractivity contribution in [1.29, 1.82) is 0 Å². The van der Waals surface area contributed by atoms with Gasteiger partial charge in [-0.2, -0.15) is 6.07 Å². The summed E-state index contributed by atoms with van der Waals surface area (Å²) in [6.45, 7) is 27.1. The zero-order valence-corrected chi connectivity index (χ0v) is 41.4. The van der Waals surface area contributed by atoms with Crippen LogP contribution in [0.1, 0.15) is 105 Å². The van der Waals surface area contributed by atoms with Crippen LogP contribution < -0.4 is 9.30 Å². The number of fused-ring (bicyclic) bond motifs is 4. The Balaban J connectivity index is 0.00000560. The Labute approximate surface area is 393 Å². The standard InChI is InChI=1S/C57H57N5O.Pt/c1-54(2,3)39-19-23-50-52(30-39)61(36-60(50)43-28-41(56(7,8)9)27-42(29-43)57(10,11)12)44-32-46(35-58-34-44)63-45-20-21-47-48-26-38(37-16-14-13-15-17-37)18-22-49(48)62(51(47)33-45)53-31-40(24-25-59-53)55(4,5)6;/h13-31,34-35H,1-12H3;/q-2;. The summed E-state index contributed by atoms with van der Waals surface area (Å²) in [5.41, 5.74) is 12.9. The first-order valence-electron chi connectivity index (χ1n) is 22.0. The fourth-order valence-corrected chi connectivity index (χ4v) is 8.24. The first-order chi connectivity index (χ1) is 29.7. The number of rotatable bonds is 6. The molecule has 328 valence electrons. The Morgan fingerprint density at radius 1 is 0.547 bits per heavy atom. The number of imidazole rings is 1. The van der Waals surface area contributed by atoms with Crippen molar-refractivity contribution in [2.45, 2.75) is 105 Å². The van der Waals surface area contributed by atoms with E-state index in [1.165, 1.54) is 27.8 Å². The first kappa shape index (κ1) is 44.8. The van der Waals surface area contributed by atoms with Gasteiger partial charge in [-0.3, -0.25) is 4.57 Å². The van der Waals surface area contributed by atoms with Gasteiger partial charge in [0.1, 0.15) is 5.82 Å². The molecule has 0 fully saturated rings. The predicted octanol–water partition coefficient (Wildman–Crippen LogP) is 13.8. The van der Waals surface area contributed by atoms with E-state index in [1.54, 1.807) is 6.20 Å². The average molecular weight is 1020 g/mol. The van der Waals surface area contributed by atoms with Crippen LogP contribution in [-0.4, -0.2) is 19.1 Å². The largest absolute Gasteiger partial charge is 0.508 e. The monoisotopic (exact) mass is 1020 g/mol. The van der Waals surface area contributed by atoms with Gasteiger partial charge in [-0.15, -0.1) is 23.6 Å². The summed E-state index contributed by atoms with van der Waals surface area (Å²) in [5, 5.41) is 2.18. The van der Waals surface area contributed by atoms with E-state index in [4.69, 9.17) is 14.7 Å². The molecule has 0 bridgehead atoms. The van der Waals surface area contributed by atoms with Crippen LogP contribution in [-0.2, 0) is 42.7 Å². The molecule has 6 nitrogen and oxygen atoms in total. The van der Waals surface area contributed by atoms with E-state index in [9.17, 15) is 0 Å². The Hall–Kier alpha value is -5.84. The molecule has 9 rings (SSSR count). The SMILES string of the molecule is CC(C)(C)c1cc(-[n+]2[c-]n(-c3[c-]c(Oc4[c-]c5c(cc4)c4cc(-c6ccccc6)ccc4n5-c4cc(C(C)(C)C)ccn4)cnc3)c3cc(C(C)(C)C)ccc32)cc(C(C)(C)C)c1.[Pt]. The summed E-state index contributed by atoms with van der Waals surface area (Å²) < 4.78 is 13.1. The molecule has 0 saturated heterocycles. The molecule has 0 saturated carbocycles. The van der Waals surface area contributed by atoms with E-state index < -0.39 is 0 Å². The third kappa shape index (κ3) is 8.57. The van der Waals surface area contributed by atoms with Gasteiger partial charge in [0.15, 0.2) is 0 Å². The van der Waals surface area contributed by atoms with E-state index in [0.29, 0.717) is 11.5 Å². The maximum atomic E-state index is 6.65. The zero-order valence-electron chi connectivity index (χ0n) is 39.1. The molecule has 4 heterocycles. The van der Waals surface area contributed by atoms with Gasteiger partial charge < -0.3 is 18.9 Å². The zero-order chi connectivity index (χ0) is 44.6. The van der Waals surface area contributed by atoms with Crippen LogP contribution in [0.3, 0.4) is 0 Å². The van der Waals surface area contributed by atoms with Gasteiger partial charge in [-0.1, -0.05) is 155 Å². The minimum atomic E-state index is -0.0593. The van der Waals surface area contributed by atoms with Crippen molar-refractivity contribution in [3.8, 4) is 39.8 Å². The average Bonchev–Trinajstić information content (AvgIpc) is 3.78. The minimum absolute atomic E-state index is 0. The fourth-order valence-electron chi connectivity index (χ4n) is 8.24. The minimum Gasteiger partial charge on any atom is -0.508 e. The van der Waals surface area contributed by atoms with Crippen LogP contribution >= 0.6 is 0 Å². The molecule has 0 aliphatic carbocycles. The fraction of sp³-hybridized carbons (Fsp3) is 0.281. The van der Waals surface area contributed by atoms with Crippen LogP contribution in [0.2, 0.25) is 0 Å². The van der Waals surface area contributed by atoms with Gasteiger partial charge in [-0.25, -0.2) is 4.98 Å². The number of nitrogens with zero attached hydrogens (tertiary/aromatic N) is 5. The van der Waals surface area contributed by atoms with E-state index in [1.807, 2.05) is 24.5 Å². The molecule has 64 heavy (non-hydrogen) atoms.